The molecule has 0 bridgehead atoms. The van der Waals surface area contributed by atoms with Crippen LogP contribution in [0.1, 0.15) is 32.4 Å². The van der Waals surface area contributed by atoms with Crippen molar-refractivity contribution in [1.29, 1.82) is 0 Å². The third kappa shape index (κ3) is 5.22. The van der Waals surface area contributed by atoms with E-state index in [-0.39, 0.29) is 11.3 Å². The van der Waals surface area contributed by atoms with Crippen LogP contribution in [0.4, 0.5) is 0 Å². The van der Waals surface area contributed by atoms with E-state index in [9.17, 15) is 9.59 Å². The van der Waals surface area contributed by atoms with Crippen molar-refractivity contribution in [3.63, 3.8) is 0 Å². The largest absolute Gasteiger partial charge is 0.493 e. The molecule has 0 fully saturated rings. The van der Waals surface area contributed by atoms with Crippen molar-refractivity contribution in [2.45, 2.75) is 6.10 Å². The molecule has 0 N–H and O–H groups in total. The minimum absolute atomic E-state index is 0.274. The van der Waals surface area contributed by atoms with E-state index in [1.54, 1.807) is 72.8 Å². The van der Waals surface area contributed by atoms with Crippen LogP contribution in [-0.4, -0.2) is 38.1 Å². The summed E-state index contributed by atoms with van der Waals surface area (Å²) in [5.41, 5.74) is 3.03. The molecule has 200 valence electrons. The number of ketones is 1. The maximum Gasteiger partial charge on any atom is 0.339 e. The number of carbonyl (C=O) groups is 2. The predicted molar refractivity (Wildman–Crippen MR) is 152 cm³/mol. The Balaban J connectivity index is 1.61. The van der Waals surface area contributed by atoms with Gasteiger partial charge in [0.2, 0.25) is 11.5 Å². The third-order valence-corrected chi connectivity index (χ3v) is 6.52. The van der Waals surface area contributed by atoms with E-state index in [0.717, 1.165) is 0 Å². The molecular formula is C33H27NO6. The van der Waals surface area contributed by atoms with Crippen LogP contribution in [0.2, 0.25) is 0 Å². The van der Waals surface area contributed by atoms with Gasteiger partial charge in [-0.05, 0) is 24.3 Å². The van der Waals surface area contributed by atoms with E-state index >= 15 is 0 Å². The molecule has 1 aromatic heterocycles. The highest BCUT2D eigenvalue weighted by atomic mass is 16.5. The summed E-state index contributed by atoms with van der Waals surface area (Å²) >= 11 is 0. The number of hydrogen-bond acceptors (Lipinski definition) is 7. The number of Topliss-reactive ketones (excluding diaryl/α,β-unsaturated/α-hetero) is 1. The van der Waals surface area contributed by atoms with E-state index in [1.165, 1.54) is 21.3 Å². The molecule has 5 aromatic rings. The molecular weight excluding hydrogens is 506 g/mol. The summed E-state index contributed by atoms with van der Waals surface area (Å²) in [6, 6.07) is 30.2. The van der Waals surface area contributed by atoms with Crippen LogP contribution in [0.25, 0.3) is 22.2 Å². The summed E-state index contributed by atoms with van der Waals surface area (Å²) in [5, 5.41) is 0.600. The van der Waals surface area contributed by atoms with Crippen LogP contribution in [0, 0.1) is 0 Å². The predicted octanol–water partition coefficient (Wildman–Crippen LogP) is 6.71. The number of ether oxygens (including phenoxy) is 4. The second-order valence-corrected chi connectivity index (χ2v) is 8.91. The number of aromatic nitrogens is 1. The van der Waals surface area contributed by atoms with Crippen LogP contribution >= 0.6 is 0 Å². The number of para-hydroxylation sites is 1. The molecule has 0 saturated carbocycles. The van der Waals surface area contributed by atoms with Crippen molar-refractivity contribution in [3.8, 4) is 28.5 Å². The fraction of sp³-hybridized carbons (Fsp3) is 0.121. The average molecular weight is 534 g/mol. The Kier molecular flexibility index (Phi) is 7.73. The minimum Gasteiger partial charge on any atom is -0.493 e. The molecule has 0 amide bonds. The number of esters is 1. The maximum absolute atomic E-state index is 13.8. The zero-order chi connectivity index (χ0) is 28.1. The first-order chi connectivity index (χ1) is 19.5. The van der Waals surface area contributed by atoms with Crippen molar-refractivity contribution in [3.05, 3.63) is 120 Å². The van der Waals surface area contributed by atoms with Gasteiger partial charge < -0.3 is 18.9 Å². The standard InChI is InChI=1S/C33H27NO6/c1-37-28-18-23(19-29(38-2)32(28)39-3)27-20-25(24-16-10-11-17-26(24)34-27)33(36)40-31(22-14-8-5-9-15-22)30(35)21-12-6-4-7-13-21/h4-20,31H,1-3H3. The minimum atomic E-state index is -1.13. The Labute approximate surface area is 231 Å². The molecule has 7 nitrogen and oxygen atoms in total. The van der Waals surface area contributed by atoms with Crippen molar-refractivity contribution < 1.29 is 28.5 Å². The highest BCUT2D eigenvalue weighted by molar-refractivity contribution is 6.07. The number of pyridine rings is 1. The number of fused-ring (bicyclic) bond motifs is 1. The Morgan fingerprint density at radius 1 is 0.700 bits per heavy atom. The van der Waals surface area contributed by atoms with Gasteiger partial charge in [0.1, 0.15) is 0 Å². The second-order valence-electron chi connectivity index (χ2n) is 8.91. The van der Waals surface area contributed by atoms with Gasteiger partial charge in [-0.3, -0.25) is 4.79 Å². The molecule has 0 spiro atoms. The molecule has 1 atom stereocenters. The SMILES string of the molecule is COc1cc(-c2cc(C(=O)OC(C(=O)c3ccccc3)c3ccccc3)c3ccccc3n2)cc(OC)c1OC. The smallest absolute Gasteiger partial charge is 0.339 e. The molecule has 1 unspecified atom stereocenters. The quantitative estimate of drug-likeness (QED) is 0.154. The van der Waals surface area contributed by atoms with Gasteiger partial charge in [0.25, 0.3) is 0 Å². The number of nitrogens with zero attached hydrogens (tertiary/aromatic N) is 1. The number of benzene rings is 4. The molecule has 5 rings (SSSR count). The Morgan fingerprint density at radius 3 is 1.93 bits per heavy atom. The van der Waals surface area contributed by atoms with Gasteiger partial charge in [0, 0.05) is 22.1 Å². The highest BCUT2D eigenvalue weighted by Crippen LogP contribution is 2.41. The van der Waals surface area contributed by atoms with Gasteiger partial charge in [-0.2, -0.15) is 0 Å². The van der Waals surface area contributed by atoms with E-state index in [0.29, 0.717) is 50.5 Å². The van der Waals surface area contributed by atoms with E-state index in [1.807, 2.05) is 30.3 Å². The lowest BCUT2D eigenvalue weighted by molar-refractivity contribution is 0.0282. The number of methoxy groups -OCH3 is 3. The first kappa shape index (κ1) is 26.4. The summed E-state index contributed by atoms with van der Waals surface area (Å²) in [7, 11) is 4.60. The first-order valence-corrected chi connectivity index (χ1v) is 12.6. The fourth-order valence-corrected chi connectivity index (χ4v) is 4.55. The normalized spacial score (nSPS) is 11.5. The zero-order valence-corrected chi connectivity index (χ0v) is 22.3. The lowest BCUT2D eigenvalue weighted by atomic mass is 9.99. The summed E-state index contributed by atoms with van der Waals surface area (Å²) in [5.74, 6) is 0.384. The van der Waals surface area contributed by atoms with Gasteiger partial charge in [-0.15, -0.1) is 0 Å². The molecule has 7 heteroatoms. The molecule has 40 heavy (non-hydrogen) atoms. The molecule has 4 aromatic carbocycles. The van der Waals surface area contributed by atoms with Gasteiger partial charge in [-0.1, -0.05) is 78.9 Å². The molecule has 0 saturated heterocycles. The summed E-state index contributed by atoms with van der Waals surface area (Å²) in [6.45, 7) is 0. The Hall–Kier alpha value is -5.17. The first-order valence-electron chi connectivity index (χ1n) is 12.6. The second kappa shape index (κ2) is 11.7. The summed E-state index contributed by atoms with van der Waals surface area (Å²) < 4.78 is 22.5. The lowest BCUT2D eigenvalue weighted by Crippen LogP contribution is -2.20. The lowest BCUT2D eigenvalue weighted by Gasteiger charge is -2.19. The maximum atomic E-state index is 13.8. The summed E-state index contributed by atoms with van der Waals surface area (Å²) in [6.07, 6.45) is -1.13. The van der Waals surface area contributed by atoms with E-state index < -0.39 is 12.1 Å². The number of hydrogen-bond donors (Lipinski definition) is 0. The number of rotatable bonds is 9. The van der Waals surface area contributed by atoms with Crippen LogP contribution in [0.15, 0.2) is 103 Å². The van der Waals surface area contributed by atoms with Crippen LogP contribution in [0.5, 0.6) is 17.2 Å². The third-order valence-electron chi connectivity index (χ3n) is 6.52. The van der Waals surface area contributed by atoms with Gasteiger partial charge in [0.15, 0.2) is 17.6 Å². The van der Waals surface area contributed by atoms with E-state index in [2.05, 4.69) is 0 Å². The highest BCUT2D eigenvalue weighted by Gasteiger charge is 2.28. The van der Waals surface area contributed by atoms with Gasteiger partial charge in [0.05, 0.1) is 38.1 Å². The van der Waals surface area contributed by atoms with Crippen molar-refractivity contribution in [1.82, 2.24) is 4.98 Å². The van der Waals surface area contributed by atoms with E-state index in [4.69, 9.17) is 23.9 Å². The van der Waals surface area contributed by atoms with Crippen LogP contribution in [0.3, 0.4) is 0 Å². The van der Waals surface area contributed by atoms with Gasteiger partial charge >= 0.3 is 5.97 Å². The van der Waals surface area contributed by atoms with Crippen LogP contribution < -0.4 is 14.2 Å². The molecule has 1 heterocycles. The average Bonchev–Trinajstić information content (AvgIpc) is 3.02. The molecule has 0 radical (unpaired) electrons. The molecule has 0 aliphatic rings. The van der Waals surface area contributed by atoms with Crippen molar-refractivity contribution in [2.24, 2.45) is 0 Å². The molecule has 0 aliphatic heterocycles. The summed E-state index contributed by atoms with van der Waals surface area (Å²) in [4.78, 5) is 32.2. The van der Waals surface area contributed by atoms with Crippen molar-refractivity contribution in [2.75, 3.05) is 21.3 Å². The van der Waals surface area contributed by atoms with Crippen LogP contribution in [-0.2, 0) is 4.74 Å². The zero-order valence-electron chi connectivity index (χ0n) is 22.3. The molecule has 0 aliphatic carbocycles. The topological polar surface area (TPSA) is 84.0 Å². The number of carbonyl (C=O) groups excluding carboxylic acids is 2. The fourth-order valence-electron chi connectivity index (χ4n) is 4.55. The Bertz CT molecular complexity index is 1640. The van der Waals surface area contributed by atoms with Crippen molar-refractivity contribution >= 4 is 22.7 Å². The van der Waals surface area contributed by atoms with Gasteiger partial charge in [-0.25, -0.2) is 9.78 Å². The monoisotopic (exact) mass is 533 g/mol. The Morgan fingerprint density at radius 2 is 1.30 bits per heavy atom.